The summed E-state index contributed by atoms with van der Waals surface area (Å²) < 4.78 is 43.2. The summed E-state index contributed by atoms with van der Waals surface area (Å²) in [7, 11) is 1.28. The number of aliphatic carboxylic acids is 1. The highest BCUT2D eigenvalue weighted by atomic mass is 19.4. The number of alkyl halides is 3. The summed E-state index contributed by atoms with van der Waals surface area (Å²) in [6.07, 6.45) is -5.00. The second-order valence-electron chi connectivity index (χ2n) is 3.90. The second kappa shape index (κ2) is 4.90. The minimum atomic E-state index is -5.00. The Morgan fingerprint density at radius 3 is 2.42 bits per heavy atom. The number of methoxy groups -OCH3 is 1. The third-order valence-electron chi connectivity index (χ3n) is 2.40. The average Bonchev–Trinajstić information content (AvgIpc) is 2.26. The lowest BCUT2D eigenvalue weighted by atomic mass is 10.0. The van der Waals surface area contributed by atoms with Crippen LogP contribution in [0.1, 0.15) is 12.7 Å². The van der Waals surface area contributed by atoms with Crippen molar-refractivity contribution >= 4 is 11.8 Å². The molecule has 0 bridgehead atoms. The van der Waals surface area contributed by atoms with Crippen LogP contribution < -0.4 is 10.1 Å². The first-order chi connectivity index (χ1) is 8.60. The van der Waals surface area contributed by atoms with Gasteiger partial charge in [-0.25, -0.2) is 9.78 Å². The van der Waals surface area contributed by atoms with Gasteiger partial charge in [0.05, 0.1) is 7.11 Å². The molecule has 19 heavy (non-hydrogen) atoms. The molecule has 1 atom stereocenters. The van der Waals surface area contributed by atoms with Crippen molar-refractivity contribution in [3.8, 4) is 5.88 Å². The van der Waals surface area contributed by atoms with E-state index in [1.54, 1.807) is 0 Å². The Hall–Kier alpha value is -2.06. The number of hydrogen-bond acceptors (Lipinski definition) is 5. The van der Waals surface area contributed by atoms with Crippen molar-refractivity contribution in [3.05, 3.63) is 11.9 Å². The highest BCUT2D eigenvalue weighted by Gasteiger charge is 2.57. The van der Waals surface area contributed by atoms with Gasteiger partial charge in [0.1, 0.15) is 11.6 Å². The molecule has 0 aliphatic heterocycles. The van der Waals surface area contributed by atoms with Gasteiger partial charge < -0.3 is 15.2 Å². The molecule has 9 heteroatoms. The summed E-state index contributed by atoms with van der Waals surface area (Å²) in [4.78, 5) is 18.3. The molecule has 0 aromatic carbocycles. The SMILES string of the molecule is COc1cc(NC(C)(C(=O)O)C(F)(F)F)nc(C)n1. The van der Waals surface area contributed by atoms with Crippen LogP contribution in [-0.4, -0.2) is 39.9 Å². The normalized spacial score (nSPS) is 14.6. The predicted octanol–water partition coefficient (Wildman–Crippen LogP) is 1.61. The fourth-order valence-electron chi connectivity index (χ4n) is 1.21. The number of halogens is 3. The zero-order valence-corrected chi connectivity index (χ0v) is 10.4. The second-order valence-corrected chi connectivity index (χ2v) is 3.90. The van der Waals surface area contributed by atoms with Gasteiger partial charge in [-0.05, 0) is 13.8 Å². The van der Waals surface area contributed by atoms with E-state index >= 15 is 0 Å². The molecule has 6 nitrogen and oxygen atoms in total. The van der Waals surface area contributed by atoms with Crippen LogP contribution in [0.4, 0.5) is 19.0 Å². The molecule has 106 valence electrons. The van der Waals surface area contributed by atoms with Crippen molar-refractivity contribution in [1.82, 2.24) is 9.97 Å². The van der Waals surface area contributed by atoms with E-state index in [0.717, 1.165) is 6.07 Å². The van der Waals surface area contributed by atoms with Crippen molar-refractivity contribution in [1.29, 1.82) is 0 Å². The first kappa shape index (κ1) is 15.0. The minimum Gasteiger partial charge on any atom is -0.481 e. The third kappa shape index (κ3) is 3.04. The Kier molecular flexibility index (Phi) is 3.87. The molecular formula is C10H12F3N3O3. The Morgan fingerprint density at radius 1 is 1.42 bits per heavy atom. The smallest absolute Gasteiger partial charge is 0.422 e. The number of nitrogens with zero attached hydrogens (tertiary/aromatic N) is 2. The topological polar surface area (TPSA) is 84.3 Å². The molecule has 0 fully saturated rings. The molecule has 1 heterocycles. The molecule has 1 unspecified atom stereocenters. The Morgan fingerprint density at radius 2 is 2.00 bits per heavy atom. The van der Waals surface area contributed by atoms with Gasteiger partial charge in [0.2, 0.25) is 11.4 Å². The molecule has 0 spiro atoms. The van der Waals surface area contributed by atoms with Crippen LogP contribution in [-0.2, 0) is 4.79 Å². The lowest BCUT2D eigenvalue weighted by Crippen LogP contribution is -2.55. The summed E-state index contributed by atoms with van der Waals surface area (Å²) in [5, 5.41) is 10.6. The van der Waals surface area contributed by atoms with Crippen LogP contribution in [0.25, 0.3) is 0 Å². The number of anilines is 1. The largest absolute Gasteiger partial charge is 0.481 e. The molecule has 1 aromatic heterocycles. The Bertz CT molecular complexity index is 493. The molecule has 0 amide bonds. The molecule has 0 aliphatic rings. The number of aryl methyl sites for hydroxylation is 1. The molecule has 2 N–H and O–H groups in total. The molecule has 0 saturated heterocycles. The maximum atomic E-state index is 12.8. The van der Waals surface area contributed by atoms with Crippen LogP contribution in [0.5, 0.6) is 5.88 Å². The fraction of sp³-hybridized carbons (Fsp3) is 0.500. The van der Waals surface area contributed by atoms with Crippen molar-refractivity contribution < 1.29 is 27.8 Å². The maximum absolute atomic E-state index is 12.8. The number of nitrogens with one attached hydrogen (secondary N) is 1. The van der Waals surface area contributed by atoms with Crippen LogP contribution in [0.15, 0.2) is 6.07 Å². The van der Waals surface area contributed by atoms with Gasteiger partial charge in [0, 0.05) is 6.07 Å². The fourth-order valence-corrected chi connectivity index (χ4v) is 1.21. The Labute approximate surface area is 106 Å². The number of hydrogen-bond donors (Lipinski definition) is 2. The van der Waals surface area contributed by atoms with E-state index in [1.165, 1.54) is 14.0 Å². The average molecular weight is 279 g/mol. The van der Waals surface area contributed by atoms with E-state index in [1.807, 2.05) is 5.32 Å². The van der Waals surface area contributed by atoms with Crippen LogP contribution in [0.2, 0.25) is 0 Å². The predicted molar refractivity (Wildman–Crippen MR) is 59.0 cm³/mol. The number of carboxylic acids is 1. The quantitative estimate of drug-likeness (QED) is 0.871. The van der Waals surface area contributed by atoms with Gasteiger partial charge in [0.25, 0.3) is 0 Å². The summed E-state index contributed by atoms with van der Waals surface area (Å²) in [5.41, 5.74) is -3.15. The van der Waals surface area contributed by atoms with Crippen molar-refractivity contribution in [2.45, 2.75) is 25.6 Å². The number of rotatable bonds is 4. The molecule has 1 aromatic rings. The van der Waals surface area contributed by atoms with E-state index in [2.05, 4.69) is 9.97 Å². The summed E-state index contributed by atoms with van der Waals surface area (Å²) in [5.74, 6) is -2.16. The molecule has 0 saturated carbocycles. The van der Waals surface area contributed by atoms with Crippen LogP contribution in [0.3, 0.4) is 0 Å². The number of carbonyl (C=O) groups is 1. The first-order valence-electron chi connectivity index (χ1n) is 5.08. The van der Waals surface area contributed by atoms with Gasteiger partial charge >= 0.3 is 12.1 Å². The zero-order valence-electron chi connectivity index (χ0n) is 10.4. The minimum absolute atomic E-state index is 0.0323. The zero-order chi connectivity index (χ0) is 14.8. The summed E-state index contributed by atoms with van der Waals surface area (Å²) in [6.45, 7) is 1.96. The summed E-state index contributed by atoms with van der Waals surface area (Å²) in [6, 6.07) is 1.08. The lowest BCUT2D eigenvalue weighted by molar-refractivity contribution is -0.192. The lowest BCUT2D eigenvalue weighted by Gasteiger charge is -2.29. The monoisotopic (exact) mass is 279 g/mol. The first-order valence-corrected chi connectivity index (χ1v) is 5.08. The van der Waals surface area contributed by atoms with Gasteiger partial charge in [-0.1, -0.05) is 0 Å². The van der Waals surface area contributed by atoms with Crippen LogP contribution in [0, 0.1) is 6.92 Å². The number of ether oxygens (including phenoxy) is 1. The highest BCUT2D eigenvalue weighted by molar-refractivity contribution is 5.83. The third-order valence-corrected chi connectivity index (χ3v) is 2.40. The van der Waals surface area contributed by atoms with Crippen LogP contribution >= 0.6 is 0 Å². The standard InChI is InChI=1S/C10H12F3N3O3/c1-5-14-6(4-7(15-5)19-3)16-9(2,8(17)18)10(11,12)13/h4H,1-3H3,(H,17,18)(H,14,15,16). The number of carboxylic acid groups (broad SMARTS) is 1. The molecule has 1 rings (SSSR count). The van der Waals surface area contributed by atoms with Gasteiger partial charge in [-0.15, -0.1) is 0 Å². The van der Waals surface area contributed by atoms with Gasteiger partial charge in [0.15, 0.2) is 0 Å². The maximum Gasteiger partial charge on any atom is 0.422 e. The van der Waals surface area contributed by atoms with Crippen molar-refractivity contribution in [3.63, 3.8) is 0 Å². The highest BCUT2D eigenvalue weighted by Crippen LogP contribution is 2.33. The summed E-state index contributed by atoms with van der Waals surface area (Å²) >= 11 is 0. The van der Waals surface area contributed by atoms with Gasteiger partial charge in [-0.2, -0.15) is 18.2 Å². The van der Waals surface area contributed by atoms with E-state index in [9.17, 15) is 18.0 Å². The van der Waals surface area contributed by atoms with E-state index < -0.39 is 17.7 Å². The van der Waals surface area contributed by atoms with Crippen molar-refractivity contribution in [2.24, 2.45) is 0 Å². The van der Waals surface area contributed by atoms with E-state index in [-0.39, 0.29) is 17.5 Å². The molecule has 0 radical (unpaired) electrons. The van der Waals surface area contributed by atoms with Crippen molar-refractivity contribution in [2.75, 3.05) is 12.4 Å². The molecule has 0 aliphatic carbocycles. The van der Waals surface area contributed by atoms with E-state index in [4.69, 9.17) is 9.84 Å². The molecular weight excluding hydrogens is 267 g/mol. The van der Waals surface area contributed by atoms with Gasteiger partial charge in [-0.3, -0.25) is 0 Å². The Balaban J connectivity index is 3.18. The number of aromatic nitrogens is 2. The van der Waals surface area contributed by atoms with E-state index in [0.29, 0.717) is 6.92 Å².